The molecule has 0 aliphatic carbocycles. The summed E-state index contributed by atoms with van der Waals surface area (Å²) in [4.78, 5) is 30.0. The Hall–Kier alpha value is -3.68. The first-order valence-electron chi connectivity index (χ1n) is 8.63. The maximum Gasteiger partial charge on any atom is 0.416 e. The molecule has 30 heavy (non-hydrogen) atoms. The monoisotopic (exact) mass is 421 g/mol. The number of nitrogens with zero attached hydrogens (tertiary/aromatic N) is 4. The van der Waals surface area contributed by atoms with E-state index < -0.39 is 35.4 Å². The van der Waals surface area contributed by atoms with Gasteiger partial charge in [0.2, 0.25) is 5.91 Å². The third-order valence-electron chi connectivity index (χ3n) is 4.53. The van der Waals surface area contributed by atoms with E-state index in [-0.39, 0.29) is 29.2 Å². The van der Waals surface area contributed by atoms with Crippen molar-refractivity contribution in [2.45, 2.75) is 25.6 Å². The van der Waals surface area contributed by atoms with Crippen LogP contribution in [-0.4, -0.2) is 29.9 Å². The molecule has 11 heteroatoms. The van der Waals surface area contributed by atoms with E-state index in [1.54, 1.807) is 6.07 Å². The van der Waals surface area contributed by atoms with E-state index in [2.05, 4.69) is 10.4 Å². The lowest BCUT2D eigenvalue weighted by Crippen LogP contribution is -2.48. The highest BCUT2D eigenvalue weighted by atomic mass is 19.4. The predicted octanol–water partition coefficient (Wildman–Crippen LogP) is 2.69. The van der Waals surface area contributed by atoms with Crippen LogP contribution in [0.5, 0.6) is 0 Å². The Morgan fingerprint density at radius 3 is 2.63 bits per heavy atom. The zero-order chi connectivity index (χ0) is 22.2. The number of hydrazine groups is 1. The second-order valence-electron chi connectivity index (χ2n) is 6.65. The van der Waals surface area contributed by atoms with E-state index in [0.29, 0.717) is 0 Å². The van der Waals surface area contributed by atoms with E-state index in [1.807, 2.05) is 0 Å². The van der Waals surface area contributed by atoms with Crippen molar-refractivity contribution >= 4 is 23.3 Å². The summed E-state index contributed by atoms with van der Waals surface area (Å²) in [6.45, 7) is 1.36. The molecule has 0 saturated carbocycles. The minimum Gasteiger partial charge on any atom is -0.314 e. The zero-order valence-electron chi connectivity index (χ0n) is 15.8. The van der Waals surface area contributed by atoms with Gasteiger partial charge in [-0.1, -0.05) is 0 Å². The molecular weight excluding hydrogens is 406 g/mol. The molecule has 0 radical (unpaired) electrons. The summed E-state index contributed by atoms with van der Waals surface area (Å²) in [6, 6.07) is 5.58. The summed E-state index contributed by atoms with van der Waals surface area (Å²) in [5.74, 6) is -2.33. The molecule has 1 aromatic heterocycles. The summed E-state index contributed by atoms with van der Waals surface area (Å²) < 4.78 is 53.3. The van der Waals surface area contributed by atoms with Crippen LogP contribution >= 0.6 is 0 Å². The van der Waals surface area contributed by atoms with Crippen molar-refractivity contribution in [3.8, 4) is 6.07 Å². The highest BCUT2D eigenvalue weighted by molar-refractivity contribution is 6.03. The Bertz CT molecular complexity index is 1060. The lowest BCUT2D eigenvalue weighted by Gasteiger charge is -2.28. The Morgan fingerprint density at radius 2 is 2.03 bits per heavy atom. The SMILES string of the molecule is Cc1cc(C(F)(F)F)cc(N2NC(=O)CC2C(=O)N(C)c2ccc(C#N)c(F)c2)n1. The molecule has 2 heterocycles. The largest absolute Gasteiger partial charge is 0.416 e. The van der Waals surface area contributed by atoms with Gasteiger partial charge in [0.05, 0.1) is 17.5 Å². The second kappa shape index (κ2) is 7.62. The Morgan fingerprint density at radius 1 is 1.33 bits per heavy atom. The predicted molar refractivity (Wildman–Crippen MR) is 97.5 cm³/mol. The topological polar surface area (TPSA) is 89.3 Å². The zero-order valence-corrected chi connectivity index (χ0v) is 15.8. The van der Waals surface area contributed by atoms with E-state index in [9.17, 15) is 27.2 Å². The number of aryl methyl sites for hydroxylation is 1. The van der Waals surface area contributed by atoms with Crippen molar-refractivity contribution in [1.82, 2.24) is 10.4 Å². The molecule has 156 valence electrons. The van der Waals surface area contributed by atoms with E-state index in [0.717, 1.165) is 28.1 Å². The molecule has 1 saturated heterocycles. The van der Waals surface area contributed by atoms with Gasteiger partial charge in [-0.2, -0.15) is 18.4 Å². The average Bonchev–Trinajstić information content (AvgIpc) is 3.07. The molecule has 0 bridgehead atoms. The molecule has 1 unspecified atom stereocenters. The first-order chi connectivity index (χ1) is 14.0. The third kappa shape index (κ3) is 4.03. The molecule has 2 aromatic rings. The molecule has 1 aliphatic rings. The van der Waals surface area contributed by atoms with Crippen LogP contribution in [0.3, 0.4) is 0 Å². The number of hydrogen-bond acceptors (Lipinski definition) is 5. The molecule has 1 aliphatic heterocycles. The van der Waals surface area contributed by atoms with Crippen molar-refractivity contribution in [3.63, 3.8) is 0 Å². The van der Waals surface area contributed by atoms with E-state index in [4.69, 9.17) is 5.26 Å². The number of amides is 2. The Labute approximate surface area is 168 Å². The summed E-state index contributed by atoms with van der Waals surface area (Å²) in [6.07, 6.45) is -4.96. The quantitative estimate of drug-likeness (QED) is 0.770. The van der Waals surface area contributed by atoms with Gasteiger partial charge in [0, 0.05) is 18.4 Å². The van der Waals surface area contributed by atoms with Crippen LogP contribution in [0.4, 0.5) is 29.1 Å². The van der Waals surface area contributed by atoms with Crippen LogP contribution in [0.1, 0.15) is 23.2 Å². The van der Waals surface area contributed by atoms with Gasteiger partial charge >= 0.3 is 6.18 Å². The number of aromatic nitrogens is 1. The van der Waals surface area contributed by atoms with Crippen LogP contribution in [0, 0.1) is 24.1 Å². The summed E-state index contributed by atoms with van der Waals surface area (Å²) in [7, 11) is 1.33. The number of carbonyl (C=O) groups is 2. The average molecular weight is 421 g/mol. The highest BCUT2D eigenvalue weighted by Gasteiger charge is 2.40. The molecular formula is C19H15F4N5O2. The van der Waals surface area contributed by atoms with Crippen LogP contribution in [0.15, 0.2) is 30.3 Å². The smallest absolute Gasteiger partial charge is 0.314 e. The molecule has 3 rings (SSSR count). The first-order valence-corrected chi connectivity index (χ1v) is 8.63. The van der Waals surface area contributed by atoms with E-state index in [1.165, 1.54) is 26.1 Å². The number of likely N-dealkylation sites (N-methyl/N-ethyl adjacent to an activating group) is 1. The highest BCUT2D eigenvalue weighted by Crippen LogP contribution is 2.33. The molecule has 1 fully saturated rings. The van der Waals surface area contributed by atoms with Gasteiger partial charge < -0.3 is 4.90 Å². The molecule has 1 N–H and O–H groups in total. The standard InChI is InChI=1S/C19H15F4N5O2/c1-10-5-12(19(21,22)23)6-16(25-10)28-15(8-17(29)26-28)18(30)27(2)13-4-3-11(9-24)14(20)7-13/h3-7,15H,8H2,1-2H3,(H,26,29). The normalized spacial score (nSPS) is 16.2. The fourth-order valence-electron chi connectivity index (χ4n) is 3.03. The van der Waals surface area contributed by atoms with Crippen molar-refractivity contribution in [3.05, 3.63) is 53.0 Å². The van der Waals surface area contributed by atoms with Gasteiger partial charge in [0.1, 0.15) is 23.7 Å². The number of anilines is 2. The number of carbonyl (C=O) groups excluding carboxylic acids is 2. The third-order valence-corrected chi connectivity index (χ3v) is 4.53. The molecule has 0 spiro atoms. The number of benzene rings is 1. The fraction of sp³-hybridized carbons (Fsp3) is 0.263. The van der Waals surface area contributed by atoms with Crippen molar-refractivity contribution in [1.29, 1.82) is 5.26 Å². The first kappa shape index (κ1) is 21.0. The van der Waals surface area contributed by atoms with Gasteiger partial charge in [-0.05, 0) is 37.3 Å². The van der Waals surface area contributed by atoms with Gasteiger partial charge in [0.25, 0.3) is 5.91 Å². The van der Waals surface area contributed by atoms with Gasteiger partial charge in [-0.25, -0.2) is 9.37 Å². The number of nitriles is 1. The maximum atomic E-state index is 13.9. The number of halogens is 4. The maximum absolute atomic E-state index is 13.9. The summed E-state index contributed by atoms with van der Waals surface area (Å²) in [5.41, 5.74) is 1.33. The molecule has 1 atom stereocenters. The van der Waals surface area contributed by atoms with Crippen LogP contribution in [-0.2, 0) is 15.8 Å². The number of alkyl halides is 3. The fourth-order valence-corrected chi connectivity index (χ4v) is 3.03. The Kier molecular flexibility index (Phi) is 5.35. The summed E-state index contributed by atoms with van der Waals surface area (Å²) >= 11 is 0. The number of pyridine rings is 1. The molecule has 2 amide bonds. The van der Waals surface area contributed by atoms with Crippen molar-refractivity contribution in [2.75, 3.05) is 17.0 Å². The van der Waals surface area contributed by atoms with Crippen LogP contribution in [0.25, 0.3) is 0 Å². The van der Waals surface area contributed by atoms with E-state index >= 15 is 0 Å². The van der Waals surface area contributed by atoms with Crippen molar-refractivity contribution < 1.29 is 27.2 Å². The van der Waals surface area contributed by atoms with Gasteiger partial charge in [-0.15, -0.1) is 0 Å². The Balaban J connectivity index is 1.94. The van der Waals surface area contributed by atoms with Crippen molar-refractivity contribution in [2.24, 2.45) is 0 Å². The van der Waals surface area contributed by atoms with Gasteiger partial charge in [-0.3, -0.25) is 20.0 Å². The molecule has 7 nitrogen and oxygen atoms in total. The molecule has 1 aromatic carbocycles. The number of rotatable bonds is 3. The lowest BCUT2D eigenvalue weighted by molar-refractivity contribution is -0.137. The minimum atomic E-state index is -4.64. The second-order valence-corrected chi connectivity index (χ2v) is 6.65. The lowest BCUT2D eigenvalue weighted by atomic mass is 10.1. The van der Waals surface area contributed by atoms with Crippen LogP contribution in [0.2, 0.25) is 0 Å². The minimum absolute atomic E-state index is 0.0506. The van der Waals surface area contributed by atoms with Crippen LogP contribution < -0.4 is 15.3 Å². The van der Waals surface area contributed by atoms with Gasteiger partial charge in [0.15, 0.2) is 0 Å². The number of nitrogens with one attached hydrogen (secondary N) is 1. The summed E-state index contributed by atoms with van der Waals surface area (Å²) in [5, 5.41) is 9.79. The number of hydrogen-bond donors (Lipinski definition) is 1.